The SMILES string of the molecule is C=C(N=C(c1cccc(F)c1)c1ccc(C(=O)N2CCC(C(=C)N(CC3CC3)c3ccccc3C)CC2)cc1C)C(F)F. The van der Waals surface area contributed by atoms with Gasteiger partial charge in [0.15, 0.2) is 0 Å². The summed E-state index contributed by atoms with van der Waals surface area (Å²) in [5.41, 5.74) is 5.23. The van der Waals surface area contributed by atoms with Crippen LogP contribution in [-0.2, 0) is 0 Å². The Bertz CT molecular complexity index is 1550. The second-order valence-corrected chi connectivity index (χ2v) is 11.7. The van der Waals surface area contributed by atoms with E-state index in [2.05, 4.69) is 54.2 Å². The Morgan fingerprint density at radius 3 is 2.28 bits per heavy atom. The molecule has 5 rings (SSSR count). The Hall–Kier alpha value is -4.13. The Balaban J connectivity index is 1.30. The van der Waals surface area contributed by atoms with Crippen molar-refractivity contribution < 1.29 is 18.0 Å². The molecule has 2 fully saturated rings. The number of para-hydroxylation sites is 1. The maximum Gasteiger partial charge on any atom is 0.279 e. The number of amides is 1. The highest BCUT2D eigenvalue weighted by Crippen LogP contribution is 2.37. The first kappa shape index (κ1) is 30.3. The number of alkyl halides is 2. The molecule has 3 aromatic carbocycles. The van der Waals surface area contributed by atoms with E-state index in [0.717, 1.165) is 25.1 Å². The number of halogens is 3. The maximum atomic E-state index is 14.0. The summed E-state index contributed by atoms with van der Waals surface area (Å²) in [6.45, 7) is 14.1. The number of likely N-dealkylation sites (tertiary alicyclic amines) is 1. The van der Waals surface area contributed by atoms with Crippen LogP contribution in [0, 0.1) is 31.5 Å². The molecule has 0 spiro atoms. The molecule has 1 heterocycles. The van der Waals surface area contributed by atoms with E-state index in [-0.39, 0.29) is 11.6 Å². The van der Waals surface area contributed by atoms with Crippen LogP contribution in [0.1, 0.15) is 58.3 Å². The Morgan fingerprint density at radius 1 is 0.930 bits per heavy atom. The van der Waals surface area contributed by atoms with E-state index in [1.165, 1.54) is 42.3 Å². The summed E-state index contributed by atoms with van der Waals surface area (Å²) in [5, 5.41) is 0. The standard InChI is InChI=1S/C36H38F3N3O/c1-23-8-5-6-11-33(23)42(22-27-12-13-27)26(4)28-16-18-41(19-17-28)36(43)30-14-15-32(24(2)20-30)34(40-25(3)35(38)39)29-9-7-10-31(37)21-29/h5-11,14-15,20-21,27-28,35H,3-4,12-13,16-19,22H2,1-2H3. The van der Waals surface area contributed by atoms with Crippen molar-refractivity contribution in [1.29, 1.82) is 0 Å². The van der Waals surface area contributed by atoms with Crippen molar-refractivity contribution in [3.05, 3.63) is 125 Å². The number of benzene rings is 3. The van der Waals surface area contributed by atoms with E-state index in [1.54, 1.807) is 31.2 Å². The lowest BCUT2D eigenvalue weighted by molar-refractivity contribution is 0.0701. The third-order valence-electron chi connectivity index (χ3n) is 8.48. The van der Waals surface area contributed by atoms with Crippen molar-refractivity contribution in [3.8, 4) is 0 Å². The van der Waals surface area contributed by atoms with Gasteiger partial charge in [0.05, 0.1) is 11.4 Å². The van der Waals surface area contributed by atoms with Gasteiger partial charge in [-0.1, -0.05) is 49.6 Å². The summed E-state index contributed by atoms with van der Waals surface area (Å²) in [4.78, 5) is 21.9. The molecule has 7 heteroatoms. The fraction of sp³-hybridized carbons (Fsp3) is 0.333. The van der Waals surface area contributed by atoms with E-state index in [9.17, 15) is 18.0 Å². The molecule has 43 heavy (non-hydrogen) atoms. The van der Waals surface area contributed by atoms with Crippen molar-refractivity contribution in [2.45, 2.75) is 46.0 Å². The number of hydrogen-bond acceptors (Lipinski definition) is 3. The minimum Gasteiger partial charge on any atom is -0.345 e. The third kappa shape index (κ3) is 7.10. The molecule has 224 valence electrons. The lowest BCUT2D eigenvalue weighted by atomic mass is 9.91. The van der Waals surface area contributed by atoms with Gasteiger partial charge in [0.1, 0.15) is 5.82 Å². The first-order valence-electron chi connectivity index (χ1n) is 14.9. The van der Waals surface area contributed by atoms with E-state index in [4.69, 9.17) is 0 Å². The van der Waals surface area contributed by atoms with Gasteiger partial charge in [0.25, 0.3) is 12.3 Å². The predicted molar refractivity (Wildman–Crippen MR) is 167 cm³/mol. The Kier molecular flexibility index (Phi) is 9.19. The minimum absolute atomic E-state index is 0.0753. The van der Waals surface area contributed by atoms with E-state index < -0.39 is 17.9 Å². The highest BCUT2D eigenvalue weighted by molar-refractivity contribution is 6.14. The molecule has 1 saturated heterocycles. The molecule has 1 saturated carbocycles. The predicted octanol–water partition coefficient (Wildman–Crippen LogP) is 8.34. The normalized spacial score (nSPS) is 16.0. The van der Waals surface area contributed by atoms with Crippen molar-refractivity contribution in [1.82, 2.24) is 4.90 Å². The quantitative estimate of drug-likeness (QED) is 0.224. The number of nitrogens with zero attached hydrogens (tertiary/aromatic N) is 3. The van der Waals surface area contributed by atoms with Gasteiger partial charge in [0.2, 0.25) is 0 Å². The maximum absolute atomic E-state index is 14.0. The number of aliphatic imine (C=N–C) groups is 1. The van der Waals surface area contributed by atoms with Gasteiger partial charge >= 0.3 is 0 Å². The van der Waals surface area contributed by atoms with Crippen LogP contribution in [0.15, 0.2) is 96.3 Å². The van der Waals surface area contributed by atoms with E-state index in [1.807, 2.05) is 4.90 Å². The fourth-order valence-electron chi connectivity index (χ4n) is 5.78. The molecule has 0 N–H and O–H groups in total. The molecule has 0 aromatic heterocycles. The number of aryl methyl sites for hydroxylation is 2. The van der Waals surface area contributed by atoms with Gasteiger partial charge in [-0.25, -0.2) is 18.2 Å². The van der Waals surface area contributed by atoms with Gasteiger partial charge in [-0.05, 0) is 86.9 Å². The second kappa shape index (κ2) is 13.0. The monoisotopic (exact) mass is 585 g/mol. The second-order valence-electron chi connectivity index (χ2n) is 11.7. The third-order valence-corrected chi connectivity index (χ3v) is 8.48. The van der Waals surface area contributed by atoms with Gasteiger partial charge in [0, 0.05) is 53.6 Å². The number of piperidine rings is 1. The highest BCUT2D eigenvalue weighted by Gasteiger charge is 2.31. The molecule has 3 aromatic rings. The zero-order valence-corrected chi connectivity index (χ0v) is 24.8. The summed E-state index contributed by atoms with van der Waals surface area (Å²) in [5.74, 6) is 0.426. The Labute approximate surface area is 252 Å². The van der Waals surface area contributed by atoms with Crippen LogP contribution < -0.4 is 4.90 Å². The largest absolute Gasteiger partial charge is 0.345 e. The van der Waals surface area contributed by atoms with Crippen LogP contribution in [0.25, 0.3) is 0 Å². The summed E-state index contributed by atoms with van der Waals surface area (Å²) >= 11 is 0. The fourth-order valence-corrected chi connectivity index (χ4v) is 5.78. The molecule has 1 aliphatic heterocycles. The number of hydrogen-bond donors (Lipinski definition) is 0. The molecular formula is C36H38F3N3O. The van der Waals surface area contributed by atoms with Crippen LogP contribution in [0.3, 0.4) is 0 Å². The number of anilines is 1. The molecule has 0 bridgehead atoms. The molecule has 4 nitrogen and oxygen atoms in total. The van der Waals surface area contributed by atoms with Gasteiger partial charge in [-0.3, -0.25) is 4.79 Å². The molecule has 1 aliphatic carbocycles. The van der Waals surface area contributed by atoms with Crippen LogP contribution in [0.4, 0.5) is 18.9 Å². The van der Waals surface area contributed by atoms with Crippen molar-refractivity contribution >= 4 is 17.3 Å². The van der Waals surface area contributed by atoms with E-state index in [0.29, 0.717) is 47.2 Å². The van der Waals surface area contributed by atoms with Crippen LogP contribution in [-0.4, -0.2) is 42.6 Å². The van der Waals surface area contributed by atoms with Gasteiger partial charge in [-0.2, -0.15) is 0 Å². The van der Waals surface area contributed by atoms with E-state index >= 15 is 0 Å². The summed E-state index contributed by atoms with van der Waals surface area (Å²) in [7, 11) is 0. The average Bonchev–Trinajstić information content (AvgIpc) is 3.83. The zero-order chi connectivity index (χ0) is 30.7. The number of carbonyl (C=O) groups excluding carboxylic acids is 1. The topological polar surface area (TPSA) is 35.9 Å². The van der Waals surface area contributed by atoms with Crippen molar-refractivity contribution in [3.63, 3.8) is 0 Å². The van der Waals surface area contributed by atoms with Crippen LogP contribution in [0.5, 0.6) is 0 Å². The molecule has 0 radical (unpaired) electrons. The number of allylic oxidation sites excluding steroid dienone is 2. The summed E-state index contributed by atoms with van der Waals surface area (Å²) < 4.78 is 40.7. The van der Waals surface area contributed by atoms with Crippen LogP contribution >= 0.6 is 0 Å². The van der Waals surface area contributed by atoms with Gasteiger partial charge < -0.3 is 9.80 Å². The van der Waals surface area contributed by atoms with Crippen molar-refractivity contribution in [2.75, 3.05) is 24.5 Å². The first-order valence-corrected chi connectivity index (χ1v) is 14.9. The number of carbonyl (C=O) groups is 1. The Morgan fingerprint density at radius 2 is 1.65 bits per heavy atom. The smallest absolute Gasteiger partial charge is 0.279 e. The molecule has 0 atom stereocenters. The average molecular weight is 586 g/mol. The highest BCUT2D eigenvalue weighted by atomic mass is 19.3. The van der Waals surface area contributed by atoms with Gasteiger partial charge in [-0.15, -0.1) is 0 Å². The molecule has 1 amide bonds. The minimum atomic E-state index is -2.85. The summed E-state index contributed by atoms with van der Waals surface area (Å²) in [6.07, 6.45) is 1.34. The molecular weight excluding hydrogens is 547 g/mol. The van der Waals surface area contributed by atoms with Crippen molar-refractivity contribution in [2.24, 2.45) is 16.8 Å². The lowest BCUT2D eigenvalue weighted by Gasteiger charge is -2.38. The number of rotatable bonds is 10. The summed E-state index contributed by atoms with van der Waals surface area (Å²) in [6, 6.07) is 19.2. The zero-order valence-electron chi connectivity index (χ0n) is 24.8. The lowest BCUT2D eigenvalue weighted by Crippen LogP contribution is -2.41. The van der Waals surface area contributed by atoms with Crippen LogP contribution in [0.2, 0.25) is 0 Å². The molecule has 0 unspecified atom stereocenters. The first-order chi connectivity index (χ1) is 20.6. The molecule has 2 aliphatic rings.